The number of morpholine rings is 2. The lowest BCUT2D eigenvalue weighted by Gasteiger charge is -2.36. The van der Waals surface area contributed by atoms with Crippen LogP contribution in [0, 0.1) is 0 Å². The van der Waals surface area contributed by atoms with Gasteiger partial charge < -0.3 is 19.3 Å². The lowest BCUT2D eigenvalue weighted by atomic mass is 10.2. The fraction of sp³-hybridized carbons (Fsp3) is 0.733. The SMILES string of the molecule is C=C(/N=C(\N=C(/C)Cl)N1C2CCC1COC2)N1CCOCC1. The van der Waals surface area contributed by atoms with Gasteiger partial charge in [-0.3, -0.25) is 0 Å². The fourth-order valence-electron chi connectivity index (χ4n) is 3.24. The van der Waals surface area contributed by atoms with Gasteiger partial charge in [0, 0.05) is 13.1 Å². The van der Waals surface area contributed by atoms with Crippen molar-refractivity contribution in [1.29, 1.82) is 0 Å². The van der Waals surface area contributed by atoms with Crippen molar-refractivity contribution in [2.45, 2.75) is 31.8 Å². The summed E-state index contributed by atoms with van der Waals surface area (Å²) in [6.45, 7) is 10.4. The molecule has 3 heterocycles. The average molecular weight is 327 g/mol. The van der Waals surface area contributed by atoms with Crippen molar-refractivity contribution in [3.8, 4) is 0 Å². The van der Waals surface area contributed by atoms with E-state index in [1.54, 1.807) is 6.92 Å². The normalized spacial score (nSPS) is 29.9. The Balaban J connectivity index is 1.81. The summed E-state index contributed by atoms with van der Waals surface area (Å²) in [6, 6.07) is 0.685. The van der Waals surface area contributed by atoms with Crippen molar-refractivity contribution in [3.05, 3.63) is 12.4 Å². The van der Waals surface area contributed by atoms with Crippen molar-refractivity contribution in [1.82, 2.24) is 9.80 Å². The maximum absolute atomic E-state index is 6.02. The summed E-state index contributed by atoms with van der Waals surface area (Å²) in [6.07, 6.45) is 2.23. The molecule has 0 N–H and O–H groups in total. The number of hydrogen-bond donors (Lipinski definition) is 0. The van der Waals surface area contributed by atoms with Crippen LogP contribution in [0.3, 0.4) is 0 Å². The molecule has 0 aromatic rings. The van der Waals surface area contributed by atoms with Crippen LogP contribution in [0.15, 0.2) is 22.4 Å². The molecule has 3 aliphatic heterocycles. The summed E-state index contributed by atoms with van der Waals surface area (Å²) < 4.78 is 11.0. The Kier molecular flexibility index (Phi) is 5.00. The van der Waals surface area contributed by atoms with Crippen LogP contribution in [0.5, 0.6) is 0 Å². The number of aliphatic imine (C=N–C) groups is 2. The summed E-state index contributed by atoms with van der Waals surface area (Å²) in [5, 5.41) is 0.486. The topological polar surface area (TPSA) is 49.7 Å². The molecule has 0 radical (unpaired) electrons. The highest BCUT2D eigenvalue weighted by atomic mass is 35.5. The smallest absolute Gasteiger partial charge is 0.229 e. The van der Waals surface area contributed by atoms with Crippen LogP contribution in [-0.2, 0) is 9.47 Å². The zero-order chi connectivity index (χ0) is 15.5. The first kappa shape index (κ1) is 15.8. The number of ether oxygens (including phenoxy) is 2. The Hall–Kier alpha value is -1.11. The van der Waals surface area contributed by atoms with Crippen molar-refractivity contribution in [2.24, 2.45) is 9.98 Å². The highest BCUT2D eigenvalue weighted by molar-refractivity contribution is 6.65. The van der Waals surface area contributed by atoms with Gasteiger partial charge in [-0.2, -0.15) is 4.99 Å². The molecule has 2 atom stereocenters. The molecule has 22 heavy (non-hydrogen) atoms. The largest absolute Gasteiger partial charge is 0.378 e. The van der Waals surface area contributed by atoms with Crippen LogP contribution >= 0.6 is 11.6 Å². The van der Waals surface area contributed by atoms with Crippen LogP contribution in [0.4, 0.5) is 0 Å². The van der Waals surface area contributed by atoms with Crippen LogP contribution < -0.4 is 0 Å². The molecule has 0 aliphatic carbocycles. The minimum atomic E-state index is 0.342. The second kappa shape index (κ2) is 6.98. The van der Waals surface area contributed by atoms with Crippen LogP contribution in [-0.4, -0.2) is 72.5 Å². The molecule has 3 aliphatic rings. The molecule has 0 amide bonds. The number of rotatable bonds is 2. The van der Waals surface area contributed by atoms with Crippen LogP contribution in [0.25, 0.3) is 0 Å². The molecule has 0 aromatic carbocycles. The molecule has 6 nitrogen and oxygen atoms in total. The third-order valence-corrected chi connectivity index (χ3v) is 4.42. The number of nitrogens with zero attached hydrogens (tertiary/aromatic N) is 4. The van der Waals surface area contributed by atoms with Crippen LogP contribution in [0.1, 0.15) is 19.8 Å². The highest BCUT2D eigenvalue weighted by Crippen LogP contribution is 2.30. The highest BCUT2D eigenvalue weighted by Gasteiger charge is 2.39. The molecule has 0 spiro atoms. The molecule has 3 saturated heterocycles. The Morgan fingerprint density at radius 1 is 1.09 bits per heavy atom. The third kappa shape index (κ3) is 3.45. The van der Waals surface area contributed by atoms with Crippen molar-refractivity contribution >= 4 is 22.7 Å². The van der Waals surface area contributed by atoms with E-state index in [2.05, 4.69) is 21.4 Å². The van der Waals surface area contributed by atoms with Crippen molar-refractivity contribution in [3.63, 3.8) is 0 Å². The quantitative estimate of drug-likeness (QED) is 0.572. The van der Waals surface area contributed by atoms with E-state index in [0.717, 1.165) is 45.0 Å². The Labute approximate surface area is 136 Å². The van der Waals surface area contributed by atoms with Gasteiger partial charge in [0.1, 0.15) is 11.0 Å². The van der Waals surface area contributed by atoms with E-state index in [-0.39, 0.29) is 0 Å². The summed E-state index contributed by atoms with van der Waals surface area (Å²) in [4.78, 5) is 13.6. The molecule has 0 aromatic heterocycles. The maximum atomic E-state index is 6.02. The van der Waals surface area contributed by atoms with E-state index in [1.165, 1.54) is 0 Å². The van der Waals surface area contributed by atoms with E-state index < -0.39 is 0 Å². The maximum Gasteiger partial charge on any atom is 0.229 e. The van der Waals surface area contributed by atoms with Gasteiger partial charge in [0.25, 0.3) is 0 Å². The Morgan fingerprint density at radius 3 is 2.32 bits per heavy atom. The number of guanidine groups is 1. The van der Waals surface area contributed by atoms with Crippen LogP contribution in [0.2, 0.25) is 0 Å². The molecule has 3 fully saturated rings. The zero-order valence-electron chi connectivity index (χ0n) is 13.0. The minimum Gasteiger partial charge on any atom is -0.378 e. The van der Waals surface area contributed by atoms with Gasteiger partial charge in [-0.05, 0) is 19.8 Å². The standard InChI is InChI=1S/C15H23ClN4O2/c1-11(16)17-15(18-12(2)19-5-7-21-8-6-19)20-13-3-4-14(20)10-22-9-13/h13-14H,2-10H2,1H3/b17-11+,18-15+. The number of fused-ring (bicyclic) bond motifs is 2. The zero-order valence-corrected chi connectivity index (χ0v) is 13.8. The molecule has 0 saturated carbocycles. The van der Waals surface area contributed by atoms with Gasteiger partial charge in [-0.15, -0.1) is 0 Å². The first-order valence-electron chi connectivity index (χ1n) is 7.82. The van der Waals surface area contributed by atoms with Gasteiger partial charge in [-0.25, -0.2) is 4.99 Å². The molecule has 2 unspecified atom stereocenters. The lowest BCUT2D eigenvalue weighted by molar-refractivity contribution is 0.0196. The fourth-order valence-corrected chi connectivity index (χ4v) is 3.32. The van der Waals surface area contributed by atoms with E-state index in [0.29, 0.717) is 36.4 Å². The average Bonchev–Trinajstić information content (AvgIpc) is 2.76. The minimum absolute atomic E-state index is 0.342. The molecule has 7 heteroatoms. The Bertz CT molecular complexity index is 468. The summed E-state index contributed by atoms with van der Waals surface area (Å²) in [7, 11) is 0. The van der Waals surface area contributed by atoms with E-state index >= 15 is 0 Å². The predicted octanol–water partition coefficient (Wildman–Crippen LogP) is 1.67. The van der Waals surface area contributed by atoms with Gasteiger partial charge in [-0.1, -0.05) is 18.2 Å². The van der Waals surface area contributed by atoms with Crippen molar-refractivity contribution < 1.29 is 9.47 Å². The summed E-state index contributed by atoms with van der Waals surface area (Å²) in [5.41, 5.74) is 0. The number of halogens is 1. The first-order valence-corrected chi connectivity index (χ1v) is 8.20. The van der Waals surface area contributed by atoms with Gasteiger partial charge >= 0.3 is 0 Å². The molecule has 2 bridgehead atoms. The second-order valence-electron chi connectivity index (χ2n) is 5.87. The first-order chi connectivity index (χ1) is 10.6. The number of hydrogen-bond acceptors (Lipinski definition) is 4. The monoisotopic (exact) mass is 326 g/mol. The molecule has 3 rings (SSSR count). The van der Waals surface area contributed by atoms with Gasteiger partial charge in [0.15, 0.2) is 0 Å². The molecule has 122 valence electrons. The second-order valence-corrected chi connectivity index (χ2v) is 6.41. The Morgan fingerprint density at radius 2 is 1.73 bits per heavy atom. The third-order valence-electron chi connectivity index (χ3n) is 4.33. The van der Waals surface area contributed by atoms with E-state index in [1.807, 2.05) is 0 Å². The van der Waals surface area contributed by atoms with Gasteiger partial charge in [0.05, 0.1) is 38.5 Å². The van der Waals surface area contributed by atoms with Gasteiger partial charge in [0.2, 0.25) is 5.96 Å². The predicted molar refractivity (Wildman–Crippen MR) is 87.4 cm³/mol. The summed E-state index contributed by atoms with van der Waals surface area (Å²) in [5.74, 6) is 1.39. The van der Waals surface area contributed by atoms with E-state index in [9.17, 15) is 0 Å². The molecular formula is C15H23ClN4O2. The lowest BCUT2D eigenvalue weighted by Crippen LogP contribution is -2.49. The van der Waals surface area contributed by atoms with E-state index in [4.69, 9.17) is 26.1 Å². The van der Waals surface area contributed by atoms with Crippen molar-refractivity contribution in [2.75, 3.05) is 39.5 Å². The summed E-state index contributed by atoms with van der Waals surface area (Å²) >= 11 is 6.02. The molecular weight excluding hydrogens is 304 g/mol.